The summed E-state index contributed by atoms with van der Waals surface area (Å²) in [7, 11) is 0. The fourth-order valence-electron chi connectivity index (χ4n) is 1.81. The predicted octanol–water partition coefficient (Wildman–Crippen LogP) is 3.41. The summed E-state index contributed by atoms with van der Waals surface area (Å²) in [5, 5.41) is 12.9. The Labute approximate surface area is 105 Å². The van der Waals surface area contributed by atoms with Gasteiger partial charge in [0.15, 0.2) is 0 Å². The Morgan fingerprint density at radius 1 is 1.28 bits per heavy atom. The molecule has 1 aromatic carbocycles. The minimum atomic E-state index is -0.527. The Bertz CT molecular complexity index is 557. The molecular weight excluding hydrogens is 231 g/mol. The lowest BCUT2D eigenvalue weighted by Gasteiger charge is -2.16. The topological polar surface area (TPSA) is 45.1 Å². The van der Waals surface area contributed by atoms with Gasteiger partial charge in [0, 0.05) is 5.56 Å². The maximum atomic E-state index is 13.0. The van der Waals surface area contributed by atoms with E-state index in [-0.39, 0.29) is 11.8 Å². The molecule has 0 aliphatic heterocycles. The molecule has 0 saturated heterocycles. The van der Waals surface area contributed by atoms with Crippen LogP contribution in [-0.2, 0) is 0 Å². The Hall–Kier alpha value is -2.10. The van der Waals surface area contributed by atoms with Crippen LogP contribution in [0.4, 0.5) is 10.2 Å². The van der Waals surface area contributed by atoms with E-state index in [0.29, 0.717) is 5.82 Å². The van der Waals surface area contributed by atoms with Gasteiger partial charge in [-0.1, -0.05) is 23.8 Å². The summed E-state index contributed by atoms with van der Waals surface area (Å²) in [6.45, 7) is 3.84. The SMILES string of the molecule is Cc1ccc(O)c(C(C)Nc2cccc(F)n2)c1. The second-order valence-electron chi connectivity index (χ2n) is 4.27. The number of rotatable bonds is 3. The molecule has 0 aliphatic rings. The van der Waals surface area contributed by atoms with Crippen molar-refractivity contribution in [1.29, 1.82) is 0 Å². The van der Waals surface area contributed by atoms with Crippen LogP contribution in [0.2, 0.25) is 0 Å². The Morgan fingerprint density at radius 2 is 2.06 bits per heavy atom. The molecule has 18 heavy (non-hydrogen) atoms. The number of nitrogens with one attached hydrogen (secondary N) is 1. The van der Waals surface area contributed by atoms with Crippen LogP contribution in [-0.4, -0.2) is 10.1 Å². The molecule has 2 rings (SSSR count). The van der Waals surface area contributed by atoms with Gasteiger partial charge in [-0.3, -0.25) is 0 Å². The smallest absolute Gasteiger partial charge is 0.214 e. The summed E-state index contributed by atoms with van der Waals surface area (Å²) in [6.07, 6.45) is 0. The van der Waals surface area contributed by atoms with Crippen LogP contribution in [0.25, 0.3) is 0 Å². The Balaban J connectivity index is 2.21. The van der Waals surface area contributed by atoms with Crippen LogP contribution in [0.3, 0.4) is 0 Å². The van der Waals surface area contributed by atoms with Crippen LogP contribution in [0.1, 0.15) is 24.1 Å². The largest absolute Gasteiger partial charge is 0.508 e. The molecule has 0 radical (unpaired) electrons. The molecule has 3 nitrogen and oxygen atoms in total. The fraction of sp³-hybridized carbons (Fsp3) is 0.214. The predicted molar refractivity (Wildman–Crippen MR) is 69.1 cm³/mol. The van der Waals surface area contributed by atoms with Gasteiger partial charge in [0.05, 0.1) is 6.04 Å². The van der Waals surface area contributed by atoms with Crippen molar-refractivity contribution in [1.82, 2.24) is 4.98 Å². The standard InChI is InChI=1S/C14H15FN2O/c1-9-6-7-12(18)11(8-9)10(2)16-14-5-3-4-13(15)17-14/h3-8,10,18H,1-2H3,(H,16,17). The van der Waals surface area contributed by atoms with Crippen LogP contribution in [0.5, 0.6) is 5.75 Å². The lowest BCUT2D eigenvalue weighted by Crippen LogP contribution is -2.08. The molecule has 1 heterocycles. The fourth-order valence-corrected chi connectivity index (χ4v) is 1.81. The van der Waals surface area contributed by atoms with Crippen LogP contribution in [0, 0.1) is 12.9 Å². The van der Waals surface area contributed by atoms with Crippen molar-refractivity contribution < 1.29 is 9.50 Å². The summed E-state index contributed by atoms with van der Waals surface area (Å²) in [6, 6.07) is 9.80. The van der Waals surface area contributed by atoms with E-state index < -0.39 is 5.95 Å². The molecule has 94 valence electrons. The number of halogens is 1. The number of hydrogen-bond acceptors (Lipinski definition) is 3. The maximum absolute atomic E-state index is 13.0. The molecule has 0 amide bonds. The third-order valence-corrected chi connectivity index (χ3v) is 2.73. The van der Waals surface area contributed by atoms with E-state index >= 15 is 0 Å². The molecule has 1 aromatic heterocycles. The second kappa shape index (κ2) is 5.04. The number of aromatic nitrogens is 1. The summed E-state index contributed by atoms with van der Waals surface area (Å²) in [5.74, 6) is 0.140. The van der Waals surface area contributed by atoms with Crippen molar-refractivity contribution in [2.75, 3.05) is 5.32 Å². The third kappa shape index (κ3) is 2.77. The van der Waals surface area contributed by atoms with Crippen LogP contribution in [0.15, 0.2) is 36.4 Å². The molecule has 4 heteroatoms. The van der Waals surface area contributed by atoms with Crippen molar-refractivity contribution in [2.45, 2.75) is 19.9 Å². The normalized spacial score (nSPS) is 12.2. The first-order valence-corrected chi connectivity index (χ1v) is 5.75. The third-order valence-electron chi connectivity index (χ3n) is 2.73. The zero-order chi connectivity index (χ0) is 13.1. The highest BCUT2D eigenvalue weighted by Gasteiger charge is 2.11. The van der Waals surface area contributed by atoms with E-state index in [2.05, 4.69) is 10.3 Å². The van der Waals surface area contributed by atoms with Gasteiger partial charge in [-0.2, -0.15) is 4.39 Å². The van der Waals surface area contributed by atoms with Crippen LogP contribution < -0.4 is 5.32 Å². The van der Waals surface area contributed by atoms with E-state index in [1.807, 2.05) is 26.0 Å². The molecular formula is C14H15FN2O. The lowest BCUT2D eigenvalue weighted by atomic mass is 10.0. The zero-order valence-electron chi connectivity index (χ0n) is 10.3. The highest BCUT2D eigenvalue weighted by Crippen LogP contribution is 2.27. The van der Waals surface area contributed by atoms with E-state index in [1.165, 1.54) is 6.07 Å². The van der Waals surface area contributed by atoms with Gasteiger partial charge in [-0.15, -0.1) is 0 Å². The number of benzene rings is 1. The first-order chi connectivity index (χ1) is 8.56. The minimum Gasteiger partial charge on any atom is -0.508 e. The number of anilines is 1. The molecule has 0 spiro atoms. The van der Waals surface area contributed by atoms with Gasteiger partial charge in [0.2, 0.25) is 5.95 Å². The average molecular weight is 246 g/mol. The highest BCUT2D eigenvalue weighted by atomic mass is 19.1. The summed E-state index contributed by atoms with van der Waals surface area (Å²) < 4.78 is 13.0. The molecule has 2 aromatic rings. The lowest BCUT2D eigenvalue weighted by molar-refractivity contribution is 0.465. The zero-order valence-corrected chi connectivity index (χ0v) is 10.3. The molecule has 0 aliphatic carbocycles. The molecule has 2 N–H and O–H groups in total. The van der Waals surface area contributed by atoms with Crippen LogP contribution >= 0.6 is 0 Å². The Kier molecular flexibility index (Phi) is 3.46. The van der Waals surface area contributed by atoms with Crippen molar-refractivity contribution in [3.05, 3.63) is 53.5 Å². The van der Waals surface area contributed by atoms with Crippen molar-refractivity contribution in [3.8, 4) is 5.75 Å². The molecule has 0 bridgehead atoms. The van der Waals surface area contributed by atoms with Gasteiger partial charge in [0.1, 0.15) is 11.6 Å². The molecule has 0 saturated carbocycles. The molecule has 1 unspecified atom stereocenters. The monoisotopic (exact) mass is 246 g/mol. The number of pyridine rings is 1. The van der Waals surface area contributed by atoms with Crippen molar-refractivity contribution >= 4 is 5.82 Å². The van der Waals surface area contributed by atoms with Gasteiger partial charge >= 0.3 is 0 Å². The van der Waals surface area contributed by atoms with E-state index in [0.717, 1.165) is 11.1 Å². The quantitative estimate of drug-likeness (QED) is 0.816. The summed E-state index contributed by atoms with van der Waals surface area (Å²) >= 11 is 0. The number of aromatic hydroxyl groups is 1. The first kappa shape index (κ1) is 12.4. The van der Waals surface area contributed by atoms with E-state index in [9.17, 15) is 9.50 Å². The second-order valence-corrected chi connectivity index (χ2v) is 4.27. The maximum Gasteiger partial charge on any atom is 0.214 e. The van der Waals surface area contributed by atoms with Crippen molar-refractivity contribution in [2.24, 2.45) is 0 Å². The number of aryl methyl sites for hydroxylation is 1. The van der Waals surface area contributed by atoms with E-state index in [1.54, 1.807) is 18.2 Å². The molecule has 1 atom stereocenters. The average Bonchev–Trinajstić information content (AvgIpc) is 2.32. The summed E-state index contributed by atoms with van der Waals surface area (Å²) in [5.41, 5.74) is 1.82. The van der Waals surface area contributed by atoms with Gasteiger partial charge in [0.25, 0.3) is 0 Å². The minimum absolute atomic E-state index is 0.154. The van der Waals surface area contributed by atoms with Gasteiger partial charge < -0.3 is 10.4 Å². The van der Waals surface area contributed by atoms with E-state index in [4.69, 9.17) is 0 Å². The number of hydrogen-bond donors (Lipinski definition) is 2. The number of phenols is 1. The number of phenolic OH excluding ortho intramolecular Hbond substituents is 1. The van der Waals surface area contributed by atoms with Gasteiger partial charge in [-0.05, 0) is 32.0 Å². The van der Waals surface area contributed by atoms with Gasteiger partial charge in [-0.25, -0.2) is 4.98 Å². The first-order valence-electron chi connectivity index (χ1n) is 5.75. The molecule has 0 fully saturated rings. The highest BCUT2D eigenvalue weighted by molar-refractivity contribution is 5.43. The van der Waals surface area contributed by atoms with Crippen molar-refractivity contribution in [3.63, 3.8) is 0 Å². The summed E-state index contributed by atoms with van der Waals surface area (Å²) in [4.78, 5) is 3.73. The Morgan fingerprint density at radius 3 is 2.78 bits per heavy atom. The number of nitrogens with zero attached hydrogens (tertiary/aromatic N) is 1.